The molecule has 6 nitrogen and oxygen atoms in total. The highest BCUT2D eigenvalue weighted by molar-refractivity contribution is 5.78. The number of rotatable bonds is 5. The van der Waals surface area contributed by atoms with Crippen LogP contribution in [-0.2, 0) is 16.1 Å². The number of ether oxygens (including phenoxy) is 1. The summed E-state index contributed by atoms with van der Waals surface area (Å²) in [6.45, 7) is 9.96. The van der Waals surface area contributed by atoms with E-state index in [1.165, 1.54) is 5.56 Å². The zero-order chi connectivity index (χ0) is 16.7. The van der Waals surface area contributed by atoms with Crippen molar-refractivity contribution in [2.75, 3.05) is 32.8 Å². The minimum atomic E-state index is 0.328. The maximum Gasteiger partial charge on any atom is 0.222 e. The zero-order valence-corrected chi connectivity index (χ0v) is 14.7. The molecule has 3 aliphatic heterocycles. The Morgan fingerprint density at radius 2 is 2.25 bits per heavy atom. The molecule has 6 heteroatoms. The Kier molecular flexibility index (Phi) is 4.35. The molecule has 0 aromatic carbocycles. The fourth-order valence-corrected chi connectivity index (χ4v) is 4.38. The topological polar surface area (TPSA) is 50.6 Å². The van der Waals surface area contributed by atoms with Crippen molar-refractivity contribution in [2.45, 2.75) is 45.4 Å². The second kappa shape index (κ2) is 6.48. The van der Waals surface area contributed by atoms with E-state index in [0.717, 1.165) is 52.2 Å². The van der Waals surface area contributed by atoms with E-state index in [1.54, 1.807) is 0 Å². The monoisotopic (exact) mass is 332 g/mol. The fourth-order valence-electron chi connectivity index (χ4n) is 4.38. The normalized spacial score (nSPS) is 30.7. The lowest BCUT2D eigenvalue weighted by atomic mass is 9.93. The molecule has 3 fully saturated rings. The van der Waals surface area contributed by atoms with Gasteiger partial charge in [-0.3, -0.25) is 14.4 Å². The van der Waals surface area contributed by atoms with Crippen molar-refractivity contribution >= 4 is 5.91 Å². The van der Waals surface area contributed by atoms with Gasteiger partial charge in [-0.25, -0.2) is 0 Å². The molecule has 3 atom stereocenters. The highest BCUT2D eigenvalue weighted by Gasteiger charge is 2.44. The van der Waals surface area contributed by atoms with Crippen LogP contribution in [0.4, 0.5) is 0 Å². The van der Waals surface area contributed by atoms with Crippen molar-refractivity contribution in [2.24, 2.45) is 11.8 Å². The molecule has 0 radical (unpaired) electrons. The molecule has 0 unspecified atom stereocenters. The molecule has 1 aromatic rings. The Balaban J connectivity index is 1.34. The molecular formula is C18H28N4O2. The molecule has 0 spiro atoms. The summed E-state index contributed by atoms with van der Waals surface area (Å²) in [5, 5.41) is 4.44. The van der Waals surface area contributed by atoms with Gasteiger partial charge in [0.15, 0.2) is 0 Å². The zero-order valence-electron chi connectivity index (χ0n) is 14.7. The first-order valence-electron chi connectivity index (χ1n) is 9.25. The van der Waals surface area contributed by atoms with Gasteiger partial charge < -0.3 is 9.64 Å². The molecule has 132 valence electrons. The number of amides is 1. The minimum Gasteiger partial charge on any atom is -0.376 e. The van der Waals surface area contributed by atoms with E-state index >= 15 is 0 Å². The van der Waals surface area contributed by atoms with Crippen LogP contribution in [0.15, 0.2) is 12.4 Å². The Labute approximate surface area is 143 Å². The predicted molar refractivity (Wildman–Crippen MR) is 90.4 cm³/mol. The van der Waals surface area contributed by atoms with Crippen molar-refractivity contribution in [3.8, 4) is 0 Å². The number of carbonyl (C=O) groups is 1. The molecule has 0 bridgehead atoms. The van der Waals surface area contributed by atoms with Crippen molar-refractivity contribution in [1.29, 1.82) is 0 Å². The number of carbonyl (C=O) groups excluding carboxylic acids is 1. The van der Waals surface area contributed by atoms with Crippen molar-refractivity contribution in [3.05, 3.63) is 18.0 Å². The van der Waals surface area contributed by atoms with Crippen molar-refractivity contribution in [3.63, 3.8) is 0 Å². The third-order valence-electron chi connectivity index (χ3n) is 5.73. The van der Waals surface area contributed by atoms with Gasteiger partial charge in [0.05, 0.1) is 18.9 Å². The fraction of sp³-hybridized carbons (Fsp3) is 0.778. The van der Waals surface area contributed by atoms with E-state index in [1.807, 2.05) is 15.8 Å². The second-order valence-electron chi connectivity index (χ2n) is 7.86. The lowest BCUT2D eigenvalue weighted by Crippen LogP contribution is -2.35. The van der Waals surface area contributed by atoms with E-state index in [2.05, 4.69) is 30.0 Å². The predicted octanol–water partition coefficient (Wildman–Crippen LogP) is 1.53. The lowest BCUT2D eigenvalue weighted by molar-refractivity contribution is -0.128. The van der Waals surface area contributed by atoms with Crippen molar-refractivity contribution in [1.82, 2.24) is 19.6 Å². The highest BCUT2D eigenvalue weighted by atomic mass is 16.5. The van der Waals surface area contributed by atoms with E-state index in [-0.39, 0.29) is 0 Å². The van der Waals surface area contributed by atoms with Crippen LogP contribution >= 0.6 is 0 Å². The Morgan fingerprint density at radius 3 is 2.96 bits per heavy atom. The molecule has 0 saturated carbocycles. The molecule has 4 heterocycles. The Bertz CT molecular complexity index is 600. The van der Waals surface area contributed by atoms with Crippen LogP contribution in [0.2, 0.25) is 0 Å². The Morgan fingerprint density at radius 1 is 1.38 bits per heavy atom. The first-order chi connectivity index (χ1) is 11.6. The molecular weight excluding hydrogens is 304 g/mol. The van der Waals surface area contributed by atoms with Crippen molar-refractivity contribution < 1.29 is 9.53 Å². The number of fused-ring (bicyclic) bond motifs is 1. The van der Waals surface area contributed by atoms with Gasteiger partial charge in [0.25, 0.3) is 0 Å². The van der Waals surface area contributed by atoms with E-state index < -0.39 is 0 Å². The van der Waals surface area contributed by atoms with Gasteiger partial charge in [-0.05, 0) is 20.3 Å². The van der Waals surface area contributed by atoms with Crippen LogP contribution < -0.4 is 0 Å². The second-order valence-corrected chi connectivity index (χ2v) is 7.86. The molecule has 1 aromatic heterocycles. The molecule has 4 rings (SSSR count). The van der Waals surface area contributed by atoms with Crippen LogP contribution in [0, 0.1) is 11.8 Å². The molecule has 0 N–H and O–H groups in total. The largest absolute Gasteiger partial charge is 0.376 e. The maximum absolute atomic E-state index is 11.9. The Hall–Kier alpha value is -1.40. The van der Waals surface area contributed by atoms with Gasteiger partial charge in [0.2, 0.25) is 5.91 Å². The SMILES string of the molecule is CC(C)n1cc(CN2C[C@@H]3[C@H](CN4CCCC4=O)CO[C@@H]3C2)cn1. The molecule has 3 saturated heterocycles. The van der Waals surface area contributed by atoms with Crippen LogP contribution in [0.1, 0.15) is 38.3 Å². The van der Waals surface area contributed by atoms with E-state index in [9.17, 15) is 4.79 Å². The molecule has 1 amide bonds. The van der Waals surface area contributed by atoms with Gasteiger partial charge >= 0.3 is 0 Å². The summed E-state index contributed by atoms with van der Waals surface area (Å²) in [5.41, 5.74) is 1.27. The van der Waals surface area contributed by atoms with E-state index in [0.29, 0.717) is 29.9 Å². The van der Waals surface area contributed by atoms with Crippen LogP contribution in [0.5, 0.6) is 0 Å². The number of aromatic nitrogens is 2. The van der Waals surface area contributed by atoms with Crippen LogP contribution in [0.25, 0.3) is 0 Å². The van der Waals surface area contributed by atoms with Crippen LogP contribution in [-0.4, -0.2) is 64.4 Å². The summed E-state index contributed by atoms with van der Waals surface area (Å²) in [6, 6.07) is 0.405. The third-order valence-corrected chi connectivity index (χ3v) is 5.73. The first-order valence-corrected chi connectivity index (χ1v) is 9.25. The first kappa shape index (κ1) is 16.1. The molecule has 0 aliphatic carbocycles. The average molecular weight is 332 g/mol. The summed E-state index contributed by atoms with van der Waals surface area (Å²) in [6.07, 6.45) is 6.22. The summed E-state index contributed by atoms with van der Waals surface area (Å²) < 4.78 is 8.06. The quantitative estimate of drug-likeness (QED) is 0.821. The molecule has 24 heavy (non-hydrogen) atoms. The van der Waals surface area contributed by atoms with Crippen LogP contribution in [0.3, 0.4) is 0 Å². The van der Waals surface area contributed by atoms with Gasteiger partial charge in [0.1, 0.15) is 0 Å². The van der Waals surface area contributed by atoms with Gasteiger partial charge in [-0.1, -0.05) is 0 Å². The average Bonchev–Trinajstić information content (AvgIpc) is 3.28. The summed E-state index contributed by atoms with van der Waals surface area (Å²) in [4.78, 5) is 16.4. The number of nitrogens with zero attached hydrogens (tertiary/aromatic N) is 4. The maximum atomic E-state index is 11.9. The van der Waals surface area contributed by atoms with Gasteiger partial charge in [0, 0.05) is 68.8 Å². The number of hydrogen-bond donors (Lipinski definition) is 0. The smallest absolute Gasteiger partial charge is 0.222 e. The lowest BCUT2D eigenvalue weighted by Gasteiger charge is -2.24. The third kappa shape index (κ3) is 3.09. The molecule has 3 aliphatic rings. The number of likely N-dealkylation sites (tertiary alicyclic amines) is 2. The highest BCUT2D eigenvalue weighted by Crippen LogP contribution is 2.35. The van der Waals surface area contributed by atoms with Gasteiger partial charge in [-0.15, -0.1) is 0 Å². The van der Waals surface area contributed by atoms with E-state index in [4.69, 9.17) is 4.74 Å². The standard InChI is InChI=1S/C18H28N4O2/c1-13(2)22-8-14(6-19-22)7-20-10-16-15(12-24-17(16)11-20)9-21-5-3-4-18(21)23/h6,8,13,15-17H,3-5,7,9-12H2,1-2H3/t15-,16-,17-/m1/s1. The summed E-state index contributed by atoms with van der Waals surface area (Å²) in [5.74, 6) is 1.40. The summed E-state index contributed by atoms with van der Waals surface area (Å²) in [7, 11) is 0. The summed E-state index contributed by atoms with van der Waals surface area (Å²) >= 11 is 0. The number of hydrogen-bond acceptors (Lipinski definition) is 4. The minimum absolute atomic E-state index is 0.328. The van der Waals surface area contributed by atoms with Gasteiger partial charge in [-0.2, -0.15) is 5.10 Å².